The summed E-state index contributed by atoms with van der Waals surface area (Å²) in [6.07, 6.45) is 0. The fourth-order valence-electron chi connectivity index (χ4n) is 2.85. The molecule has 0 radical (unpaired) electrons. The Morgan fingerprint density at radius 3 is 1.28 bits per heavy atom. The van der Waals surface area contributed by atoms with Gasteiger partial charge in [-0.15, -0.1) is 11.6 Å². The number of hydrogen-bond acceptors (Lipinski definition) is 1. The molecular formula is C26H21ClNP. The number of nitrogens with zero attached hydrogens (tertiary/aromatic N) is 1. The summed E-state index contributed by atoms with van der Waals surface area (Å²) in [4.78, 5) is 0. The van der Waals surface area contributed by atoms with Crippen molar-refractivity contribution in [3.05, 3.63) is 126 Å². The van der Waals surface area contributed by atoms with Crippen LogP contribution < -0.4 is 15.9 Å². The highest BCUT2D eigenvalue weighted by atomic mass is 35.5. The van der Waals surface area contributed by atoms with E-state index in [-0.39, 0.29) is 0 Å². The highest BCUT2D eigenvalue weighted by Gasteiger charge is 2.14. The molecule has 0 saturated heterocycles. The molecule has 142 valence electrons. The molecule has 0 aromatic heterocycles. The van der Waals surface area contributed by atoms with Gasteiger partial charge in [0.25, 0.3) is 0 Å². The van der Waals surface area contributed by atoms with Crippen molar-refractivity contribution in [3.8, 4) is 6.07 Å². The number of benzene rings is 4. The molecule has 0 atom stereocenters. The maximum atomic E-state index is 8.42. The van der Waals surface area contributed by atoms with E-state index in [9.17, 15) is 0 Å². The van der Waals surface area contributed by atoms with Crippen LogP contribution in [0.3, 0.4) is 0 Å². The fraction of sp³-hybridized carbons (Fsp3) is 0.0385. The number of alkyl halides is 1. The molecule has 3 heteroatoms. The Bertz CT molecular complexity index is 933. The van der Waals surface area contributed by atoms with E-state index in [4.69, 9.17) is 16.9 Å². The lowest BCUT2D eigenvalue weighted by molar-refractivity contribution is 1.38. The third kappa shape index (κ3) is 6.03. The molecular weight excluding hydrogens is 393 g/mol. The van der Waals surface area contributed by atoms with Gasteiger partial charge in [-0.05, 0) is 41.5 Å². The zero-order chi connectivity index (χ0) is 20.3. The molecule has 0 spiro atoms. The molecule has 0 saturated carbocycles. The zero-order valence-corrected chi connectivity index (χ0v) is 17.6. The maximum Gasteiger partial charge on any atom is 0.0991 e. The highest BCUT2D eigenvalue weighted by Crippen LogP contribution is 2.32. The van der Waals surface area contributed by atoms with Crippen LogP contribution in [-0.2, 0) is 5.88 Å². The summed E-state index contributed by atoms with van der Waals surface area (Å²) in [6.45, 7) is 0. The Kier molecular flexibility index (Phi) is 8.02. The summed E-state index contributed by atoms with van der Waals surface area (Å²) in [5, 5.41) is 12.6. The smallest absolute Gasteiger partial charge is 0.0991 e. The van der Waals surface area contributed by atoms with E-state index in [1.165, 1.54) is 15.9 Å². The first-order valence-corrected chi connectivity index (χ1v) is 11.2. The molecule has 0 amide bonds. The molecule has 4 aromatic carbocycles. The van der Waals surface area contributed by atoms with Gasteiger partial charge in [-0.1, -0.05) is 103 Å². The SMILES string of the molecule is N#Cc1ccc(CCl)cc1.c1ccc(P(c2ccccc2)c2ccccc2)cc1. The average molecular weight is 414 g/mol. The van der Waals surface area contributed by atoms with Gasteiger partial charge in [-0.2, -0.15) is 5.26 Å². The van der Waals surface area contributed by atoms with E-state index in [2.05, 4.69) is 91.0 Å². The third-order valence-electron chi connectivity index (χ3n) is 4.28. The second-order valence-corrected chi connectivity index (χ2v) is 8.77. The van der Waals surface area contributed by atoms with E-state index in [1.807, 2.05) is 18.2 Å². The fourth-order valence-corrected chi connectivity index (χ4v) is 5.33. The van der Waals surface area contributed by atoms with Gasteiger partial charge in [-0.25, -0.2) is 0 Å². The lowest BCUT2D eigenvalue weighted by Crippen LogP contribution is -2.20. The van der Waals surface area contributed by atoms with Gasteiger partial charge in [-0.3, -0.25) is 0 Å². The minimum Gasteiger partial charge on any atom is -0.192 e. The first kappa shape index (κ1) is 20.8. The van der Waals surface area contributed by atoms with Crippen molar-refractivity contribution in [2.45, 2.75) is 5.88 Å². The molecule has 0 aliphatic rings. The average Bonchev–Trinajstić information content (AvgIpc) is 2.82. The van der Waals surface area contributed by atoms with Crippen molar-refractivity contribution in [2.24, 2.45) is 0 Å². The Morgan fingerprint density at radius 2 is 0.966 bits per heavy atom. The summed E-state index contributed by atoms with van der Waals surface area (Å²) >= 11 is 5.54. The largest absolute Gasteiger partial charge is 0.192 e. The molecule has 1 nitrogen and oxygen atoms in total. The number of rotatable bonds is 4. The summed E-state index contributed by atoms with van der Waals surface area (Å²) in [6, 6.07) is 41.6. The molecule has 29 heavy (non-hydrogen) atoms. The van der Waals surface area contributed by atoms with Gasteiger partial charge in [0.15, 0.2) is 0 Å². The monoisotopic (exact) mass is 413 g/mol. The molecule has 0 N–H and O–H groups in total. The van der Waals surface area contributed by atoms with E-state index in [0.29, 0.717) is 11.4 Å². The second kappa shape index (κ2) is 11.2. The Hall–Kier alpha value is -2.91. The minimum atomic E-state index is -0.446. The first-order chi connectivity index (χ1) is 14.3. The number of halogens is 1. The zero-order valence-electron chi connectivity index (χ0n) is 15.9. The maximum absolute atomic E-state index is 8.42. The molecule has 0 fully saturated rings. The van der Waals surface area contributed by atoms with Crippen LogP contribution >= 0.6 is 19.5 Å². The highest BCUT2D eigenvalue weighted by molar-refractivity contribution is 7.79. The van der Waals surface area contributed by atoms with E-state index >= 15 is 0 Å². The Morgan fingerprint density at radius 1 is 0.586 bits per heavy atom. The van der Waals surface area contributed by atoms with Crippen LogP contribution in [0, 0.1) is 11.3 Å². The molecule has 4 rings (SSSR count). The summed E-state index contributed by atoms with van der Waals surface area (Å²) in [5.41, 5.74) is 1.72. The van der Waals surface area contributed by atoms with Crippen LogP contribution in [0.15, 0.2) is 115 Å². The molecule has 0 bridgehead atoms. The van der Waals surface area contributed by atoms with Gasteiger partial charge in [0.05, 0.1) is 11.6 Å². The van der Waals surface area contributed by atoms with Crippen LogP contribution in [0.1, 0.15) is 11.1 Å². The van der Waals surface area contributed by atoms with Crippen molar-refractivity contribution >= 4 is 35.4 Å². The van der Waals surface area contributed by atoms with Crippen molar-refractivity contribution in [1.29, 1.82) is 5.26 Å². The van der Waals surface area contributed by atoms with Gasteiger partial charge in [0.1, 0.15) is 0 Å². The predicted molar refractivity (Wildman–Crippen MR) is 126 cm³/mol. The van der Waals surface area contributed by atoms with E-state index in [1.54, 1.807) is 12.1 Å². The minimum absolute atomic E-state index is 0.446. The summed E-state index contributed by atoms with van der Waals surface area (Å²) in [7, 11) is -0.446. The Balaban J connectivity index is 0.000000204. The van der Waals surface area contributed by atoms with Gasteiger partial charge in [0.2, 0.25) is 0 Å². The lowest BCUT2D eigenvalue weighted by atomic mass is 10.2. The number of nitriles is 1. The normalized spacial score (nSPS) is 9.97. The lowest BCUT2D eigenvalue weighted by Gasteiger charge is -2.18. The van der Waals surface area contributed by atoms with Crippen molar-refractivity contribution < 1.29 is 0 Å². The third-order valence-corrected chi connectivity index (χ3v) is 7.03. The van der Waals surface area contributed by atoms with Crippen molar-refractivity contribution in [2.75, 3.05) is 0 Å². The first-order valence-electron chi connectivity index (χ1n) is 9.32. The van der Waals surface area contributed by atoms with Crippen LogP contribution in [0.25, 0.3) is 0 Å². The quantitative estimate of drug-likeness (QED) is 0.309. The predicted octanol–water partition coefficient (Wildman–Crippen LogP) is 5.74. The molecule has 0 unspecified atom stereocenters. The van der Waals surface area contributed by atoms with E-state index < -0.39 is 7.92 Å². The van der Waals surface area contributed by atoms with E-state index in [0.717, 1.165) is 5.56 Å². The second-order valence-electron chi connectivity index (χ2n) is 6.28. The standard InChI is InChI=1S/C18H15P.C8H6ClN/c1-4-10-16(11-5-1)19(17-12-6-2-7-13-17)18-14-8-3-9-15-18;9-5-7-1-3-8(6-10)4-2-7/h1-15H;1-4H,5H2. The van der Waals surface area contributed by atoms with Gasteiger partial charge < -0.3 is 0 Å². The molecule has 0 aliphatic carbocycles. The summed E-state index contributed by atoms with van der Waals surface area (Å²) < 4.78 is 0. The molecule has 0 heterocycles. The van der Waals surface area contributed by atoms with Crippen LogP contribution in [0.2, 0.25) is 0 Å². The Labute approximate surface area is 179 Å². The topological polar surface area (TPSA) is 23.8 Å². The van der Waals surface area contributed by atoms with Crippen LogP contribution in [-0.4, -0.2) is 0 Å². The molecule has 0 aliphatic heterocycles. The van der Waals surface area contributed by atoms with Gasteiger partial charge >= 0.3 is 0 Å². The van der Waals surface area contributed by atoms with Gasteiger partial charge in [0, 0.05) is 5.88 Å². The van der Waals surface area contributed by atoms with Crippen LogP contribution in [0.4, 0.5) is 0 Å². The van der Waals surface area contributed by atoms with Crippen molar-refractivity contribution in [3.63, 3.8) is 0 Å². The van der Waals surface area contributed by atoms with Crippen molar-refractivity contribution in [1.82, 2.24) is 0 Å². The number of hydrogen-bond donors (Lipinski definition) is 0. The summed E-state index contributed by atoms with van der Waals surface area (Å²) in [5.74, 6) is 0.506. The van der Waals surface area contributed by atoms with Crippen LogP contribution in [0.5, 0.6) is 0 Å². The molecule has 4 aromatic rings.